The van der Waals surface area contributed by atoms with Crippen molar-refractivity contribution in [2.24, 2.45) is 4.99 Å². The highest BCUT2D eigenvalue weighted by Gasteiger charge is 2.27. The Morgan fingerprint density at radius 2 is 2.07 bits per heavy atom. The van der Waals surface area contributed by atoms with Gasteiger partial charge < -0.3 is 10.2 Å². The molecule has 1 saturated heterocycles. The quantitative estimate of drug-likeness (QED) is 0.789. The number of hydrogen-bond acceptors (Lipinski definition) is 5. The molecule has 1 unspecified atom stereocenters. The third-order valence-electron chi connectivity index (χ3n) is 5.08. The van der Waals surface area contributed by atoms with Crippen LogP contribution >= 0.6 is 11.6 Å². The molecule has 5 nitrogen and oxygen atoms in total. The van der Waals surface area contributed by atoms with Crippen LogP contribution in [0.1, 0.15) is 44.2 Å². The number of nitrogens with one attached hydrogen (secondary N) is 1. The summed E-state index contributed by atoms with van der Waals surface area (Å²) in [6, 6.07) is 10.5. The molecular weight excluding hydrogens is 358 g/mol. The number of benzene rings is 1. The van der Waals surface area contributed by atoms with Gasteiger partial charge in [-0.3, -0.25) is 4.99 Å². The van der Waals surface area contributed by atoms with Gasteiger partial charge in [0.1, 0.15) is 23.8 Å². The third kappa shape index (κ3) is 4.14. The molecule has 27 heavy (non-hydrogen) atoms. The zero-order chi connectivity index (χ0) is 18.6. The van der Waals surface area contributed by atoms with E-state index in [4.69, 9.17) is 11.6 Å². The van der Waals surface area contributed by atoms with E-state index < -0.39 is 0 Å². The molecule has 0 amide bonds. The molecule has 2 aliphatic heterocycles. The average molecular weight is 382 g/mol. The Hall–Kier alpha value is -2.40. The van der Waals surface area contributed by atoms with Crippen LogP contribution in [0.5, 0.6) is 0 Å². The van der Waals surface area contributed by atoms with Gasteiger partial charge in [0.05, 0.1) is 12.6 Å². The molecule has 1 aromatic heterocycles. The van der Waals surface area contributed by atoms with E-state index in [1.54, 1.807) is 6.33 Å². The Kier molecular flexibility index (Phi) is 5.39. The minimum absolute atomic E-state index is 0.324. The fourth-order valence-corrected chi connectivity index (χ4v) is 3.92. The zero-order valence-corrected chi connectivity index (χ0v) is 16.3. The number of rotatable bonds is 5. The number of nitrogens with zero attached hydrogens (tertiary/aromatic N) is 4. The van der Waals surface area contributed by atoms with Crippen LogP contribution in [0.15, 0.2) is 53.3 Å². The van der Waals surface area contributed by atoms with Crippen molar-refractivity contribution in [2.75, 3.05) is 23.3 Å². The molecule has 0 bridgehead atoms. The minimum Gasteiger partial charge on any atom is -0.349 e. The molecular formula is C21H24ClN5. The van der Waals surface area contributed by atoms with Gasteiger partial charge in [0, 0.05) is 17.6 Å². The predicted octanol–water partition coefficient (Wildman–Crippen LogP) is 5.02. The summed E-state index contributed by atoms with van der Waals surface area (Å²) in [5, 5.41) is 4.10. The van der Waals surface area contributed by atoms with Gasteiger partial charge in [0.2, 0.25) is 0 Å². The molecule has 0 saturated carbocycles. The average Bonchev–Trinajstić information content (AvgIpc) is 3.33. The highest BCUT2D eigenvalue weighted by atomic mass is 35.5. The lowest BCUT2D eigenvalue weighted by Crippen LogP contribution is -2.24. The van der Waals surface area contributed by atoms with Crippen LogP contribution in [-0.4, -0.2) is 28.9 Å². The van der Waals surface area contributed by atoms with Crippen molar-refractivity contribution in [3.05, 3.63) is 58.9 Å². The first-order chi connectivity index (χ1) is 13.2. The van der Waals surface area contributed by atoms with Crippen LogP contribution in [-0.2, 0) is 0 Å². The number of aromatic nitrogens is 2. The second-order valence-electron chi connectivity index (χ2n) is 7.04. The number of amidine groups is 1. The topological polar surface area (TPSA) is 53.4 Å². The molecule has 2 aromatic rings. The first kappa shape index (κ1) is 18.0. The molecule has 6 heteroatoms. The van der Waals surface area contributed by atoms with Crippen LogP contribution in [0.25, 0.3) is 0 Å². The van der Waals surface area contributed by atoms with Gasteiger partial charge in [-0.25, -0.2) is 9.97 Å². The first-order valence-electron chi connectivity index (χ1n) is 9.58. The van der Waals surface area contributed by atoms with Crippen LogP contribution in [0, 0.1) is 0 Å². The fraction of sp³-hybridized carbons (Fsp3) is 0.381. The Labute approximate surface area is 165 Å². The van der Waals surface area contributed by atoms with Gasteiger partial charge >= 0.3 is 0 Å². The Morgan fingerprint density at radius 1 is 1.22 bits per heavy atom. The molecule has 3 heterocycles. The molecule has 2 aliphatic rings. The summed E-state index contributed by atoms with van der Waals surface area (Å²) in [7, 11) is 0. The van der Waals surface area contributed by atoms with Crippen LogP contribution in [0.4, 0.5) is 11.6 Å². The van der Waals surface area contributed by atoms with Crippen molar-refractivity contribution in [3.63, 3.8) is 0 Å². The van der Waals surface area contributed by atoms with E-state index in [2.05, 4.69) is 50.3 Å². The predicted molar refractivity (Wildman–Crippen MR) is 112 cm³/mol. The summed E-state index contributed by atoms with van der Waals surface area (Å²) in [5.41, 5.74) is 2.65. The molecule has 140 valence electrons. The molecule has 0 aliphatic carbocycles. The van der Waals surface area contributed by atoms with E-state index in [0.717, 1.165) is 61.3 Å². The van der Waals surface area contributed by atoms with Crippen molar-refractivity contribution in [3.8, 4) is 0 Å². The molecule has 1 aromatic carbocycles. The Balaban J connectivity index is 1.51. The summed E-state index contributed by atoms with van der Waals surface area (Å²) in [5.74, 6) is 2.62. The molecule has 0 spiro atoms. The van der Waals surface area contributed by atoms with E-state index in [0.29, 0.717) is 6.04 Å². The summed E-state index contributed by atoms with van der Waals surface area (Å²) in [4.78, 5) is 15.8. The van der Waals surface area contributed by atoms with Crippen molar-refractivity contribution < 1.29 is 0 Å². The van der Waals surface area contributed by atoms with Crippen LogP contribution in [0.2, 0.25) is 5.02 Å². The SMILES string of the molecule is CCCC1=CC(Nc2cc(N3CCCC3c3ccc(Cl)cc3)ncn2)=NC1. The van der Waals surface area contributed by atoms with E-state index >= 15 is 0 Å². The van der Waals surface area contributed by atoms with Crippen LogP contribution in [0.3, 0.4) is 0 Å². The van der Waals surface area contributed by atoms with Gasteiger partial charge in [-0.2, -0.15) is 0 Å². The fourth-order valence-electron chi connectivity index (χ4n) is 3.80. The highest BCUT2D eigenvalue weighted by Crippen LogP contribution is 2.36. The first-order valence-corrected chi connectivity index (χ1v) is 9.96. The largest absolute Gasteiger partial charge is 0.349 e. The molecule has 4 rings (SSSR count). The minimum atomic E-state index is 0.324. The van der Waals surface area contributed by atoms with Gasteiger partial charge in [0.25, 0.3) is 0 Å². The zero-order valence-electron chi connectivity index (χ0n) is 15.5. The number of aliphatic imine (C=N–C) groups is 1. The molecule has 0 radical (unpaired) electrons. The second kappa shape index (κ2) is 8.09. The van der Waals surface area contributed by atoms with Crippen LogP contribution < -0.4 is 10.2 Å². The molecule has 1 fully saturated rings. The second-order valence-corrected chi connectivity index (χ2v) is 7.48. The van der Waals surface area contributed by atoms with Crippen molar-refractivity contribution in [1.82, 2.24) is 9.97 Å². The lowest BCUT2D eigenvalue weighted by molar-refractivity contribution is 0.711. The highest BCUT2D eigenvalue weighted by molar-refractivity contribution is 6.30. The maximum absolute atomic E-state index is 6.05. The molecule has 1 atom stereocenters. The monoisotopic (exact) mass is 381 g/mol. The number of anilines is 2. The van der Waals surface area contributed by atoms with E-state index in [1.165, 1.54) is 11.1 Å². The third-order valence-corrected chi connectivity index (χ3v) is 5.33. The summed E-state index contributed by atoms with van der Waals surface area (Å²) in [6.07, 6.45) is 8.27. The summed E-state index contributed by atoms with van der Waals surface area (Å²) < 4.78 is 0. The Morgan fingerprint density at radius 3 is 2.89 bits per heavy atom. The Bertz CT molecular complexity index is 859. The van der Waals surface area contributed by atoms with Crippen molar-refractivity contribution in [2.45, 2.75) is 38.6 Å². The van der Waals surface area contributed by atoms with Gasteiger partial charge in [-0.05, 0) is 48.6 Å². The lowest BCUT2D eigenvalue weighted by atomic mass is 10.0. The van der Waals surface area contributed by atoms with Gasteiger partial charge in [0.15, 0.2) is 0 Å². The van der Waals surface area contributed by atoms with Gasteiger partial charge in [-0.1, -0.05) is 37.1 Å². The standard InChI is InChI=1S/C21H24ClN5/c1-2-4-15-11-19(23-13-15)26-20-12-21(25-14-24-20)27-10-3-5-18(27)16-6-8-17(22)9-7-16/h6-9,11-12,14,18H,2-5,10,13H2,1H3,(H,23,24,25,26). The summed E-state index contributed by atoms with van der Waals surface area (Å²) in [6.45, 7) is 3.97. The van der Waals surface area contributed by atoms with Gasteiger partial charge in [-0.15, -0.1) is 0 Å². The van der Waals surface area contributed by atoms with E-state index in [9.17, 15) is 0 Å². The maximum Gasteiger partial charge on any atom is 0.137 e. The molecule has 1 N–H and O–H groups in total. The summed E-state index contributed by atoms with van der Waals surface area (Å²) >= 11 is 6.05. The van der Waals surface area contributed by atoms with E-state index in [-0.39, 0.29) is 0 Å². The smallest absolute Gasteiger partial charge is 0.137 e. The lowest BCUT2D eigenvalue weighted by Gasteiger charge is -2.26. The normalized spacial score (nSPS) is 19.2. The number of hydrogen-bond donors (Lipinski definition) is 1. The van der Waals surface area contributed by atoms with E-state index in [1.807, 2.05) is 18.2 Å². The maximum atomic E-state index is 6.05. The van der Waals surface area contributed by atoms with Crippen molar-refractivity contribution >= 4 is 29.1 Å². The van der Waals surface area contributed by atoms with Crippen molar-refractivity contribution in [1.29, 1.82) is 0 Å². The number of halogens is 1.